The maximum atomic E-state index is 13.7. The minimum absolute atomic E-state index is 0.0775. The van der Waals surface area contributed by atoms with E-state index in [9.17, 15) is 12.8 Å². The molecule has 118 valence electrons. The van der Waals surface area contributed by atoms with Gasteiger partial charge in [0.15, 0.2) is 0 Å². The van der Waals surface area contributed by atoms with Gasteiger partial charge in [-0.05, 0) is 18.6 Å². The topological polar surface area (TPSA) is 57.6 Å². The minimum Gasteiger partial charge on any atom is -0.392 e. The molecule has 0 aromatic heterocycles. The average molecular weight is 354 g/mol. The molecule has 1 fully saturated rings. The van der Waals surface area contributed by atoms with E-state index in [2.05, 4.69) is 0 Å². The zero-order chi connectivity index (χ0) is 15.6. The first kappa shape index (κ1) is 17.0. The lowest BCUT2D eigenvalue weighted by Gasteiger charge is -2.31. The van der Waals surface area contributed by atoms with Gasteiger partial charge in [0.05, 0.1) is 16.5 Å². The largest absolute Gasteiger partial charge is 0.392 e. The Bertz CT molecular complexity index is 624. The van der Waals surface area contributed by atoms with Crippen LogP contribution in [0.5, 0.6) is 0 Å². The first-order valence-corrected chi connectivity index (χ1v) is 9.47. The highest BCUT2D eigenvalue weighted by atomic mass is 35.5. The molecule has 4 nitrogen and oxygen atoms in total. The Labute approximate surface area is 133 Å². The number of hydrogen-bond donors (Lipinski definition) is 1. The van der Waals surface area contributed by atoms with Crippen LogP contribution >= 0.6 is 23.4 Å². The number of halogens is 2. The van der Waals surface area contributed by atoms with E-state index in [0.29, 0.717) is 13.1 Å². The van der Waals surface area contributed by atoms with Crippen molar-refractivity contribution in [3.63, 3.8) is 0 Å². The van der Waals surface area contributed by atoms with Crippen LogP contribution in [0.3, 0.4) is 0 Å². The van der Waals surface area contributed by atoms with Crippen LogP contribution in [0.4, 0.5) is 4.39 Å². The Hall–Kier alpha value is -0.340. The zero-order valence-corrected chi connectivity index (χ0v) is 13.9. The standard InChI is InChI=1S/C13H17ClFNO3S2/c1-2-10-7-16(3-4-20-10)21(18,19)11-5-9(8-17)13(14)12(15)6-11/h5-6,10,17H,2-4,7-8H2,1H3. The van der Waals surface area contributed by atoms with Crippen LogP contribution in [0.15, 0.2) is 17.0 Å². The molecular weight excluding hydrogens is 337 g/mol. The second kappa shape index (κ2) is 6.83. The second-order valence-corrected chi connectivity index (χ2v) is 8.52. The number of aliphatic hydroxyl groups is 1. The first-order chi connectivity index (χ1) is 9.90. The molecule has 1 aliphatic rings. The SMILES string of the molecule is CCC1CN(S(=O)(=O)c2cc(F)c(Cl)c(CO)c2)CCS1. The van der Waals surface area contributed by atoms with Crippen LogP contribution in [0.25, 0.3) is 0 Å². The Morgan fingerprint density at radius 2 is 2.24 bits per heavy atom. The fraction of sp³-hybridized carbons (Fsp3) is 0.538. The van der Waals surface area contributed by atoms with Gasteiger partial charge in [0.1, 0.15) is 5.82 Å². The van der Waals surface area contributed by atoms with Crippen molar-refractivity contribution >= 4 is 33.4 Å². The van der Waals surface area contributed by atoms with Gasteiger partial charge in [0.2, 0.25) is 10.0 Å². The third-order valence-electron chi connectivity index (χ3n) is 3.44. The molecule has 21 heavy (non-hydrogen) atoms. The number of sulfonamides is 1. The number of hydrogen-bond acceptors (Lipinski definition) is 4. The summed E-state index contributed by atoms with van der Waals surface area (Å²) < 4.78 is 40.3. The Balaban J connectivity index is 2.37. The minimum atomic E-state index is -3.77. The molecule has 0 aliphatic carbocycles. The number of benzene rings is 1. The summed E-state index contributed by atoms with van der Waals surface area (Å²) in [6.07, 6.45) is 0.882. The summed E-state index contributed by atoms with van der Waals surface area (Å²) in [4.78, 5) is -0.157. The van der Waals surface area contributed by atoms with Gasteiger partial charge in [-0.2, -0.15) is 16.1 Å². The van der Waals surface area contributed by atoms with E-state index in [1.165, 1.54) is 10.4 Å². The van der Waals surface area contributed by atoms with Crippen molar-refractivity contribution in [3.8, 4) is 0 Å². The van der Waals surface area contributed by atoms with Crippen LogP contribution in [0.2, 0.25) is 5.02 Å². The molecule has 1 heterocycles. The van der Waals surface area contributed by atoms with Crippen molar-refractivity contribution in [2.45, 2.75) is 30.1 Å². The van der Waals surface area contributed by atoms with Crippen LogP contribution < -0.4 is 0 Å². The molecule has 1 aromatic carbocycles. The maximum absolute atomic E-state index is 13.7. The highest BCUT2D eigenvalue weighted by molar-refractivity contribution is 8.00. The summed E-state index contributed by atoms with van der Waals surface area (Å²) in [5, 5.41) is 9.17. The molecule has 1 aliphatic heterocycles. The predicted octanol–water partition coefficient (Wildman–Crippen LogP) is 2.49. The highest BCUT2D eigenvalue weighted by Crippen LogP contribution is 2.29. The normalized spacial score (nSPS) is 20.7. The molecule has 1 saturated heterocycles. The summed E-state index contributed by atoms with van der Waals surface area (Å²) in [7, 11) is -3.77. The van der Waals surface area contributed by atoms with E-state index in [1.807, 2.05) is 6.92 Å². The van der Waals surface area contributed by atoms with Gasteiger partial charge in [-0.25, -0.2) is 12.8 Å². The third kappa shape index (κ3) is 3.53. The van der Waals surface area contributed by atoms with E-state index in [1.54, 1.807) is 11.8 Å². The molecule has 0 radical (unpaired) electrons. The lowest BCUT2D eigenvalue weighted by molar-refractivity contribution is 0.281. The van der Waals surface area contributed by atoms with Crippen molar-refractivity contribution in [2.75, 3.05) is 18.8 Å². The van der Waals surface area contributed by atoms with Gasteiger partial charge < -0.3 is 5.11 Å². The van der Waals surface area contributed by atoms with Crippen LogP contribution in [-0.4, -0.2) is 41.9 Å². The summed E-state index contributed by atoms with van der Waals surface area (Å²) >= 11 is 7.45. The molecule has 0 saturated carbocycles. The molecule has 1 unspecified atom stereocenters. The summed E-state index contributed by atoms with van der Waals surface area (Å²) in [6.45, 7) is 2.33. The predicted molar refractivity (Wildman–Crippen MR) is 82.6 cm³/mol. The fourth-order valence-electron chi connectivity index (χ4n) is 2.19. The zero-order valence-electron chi connectivity index (χ0n) is 11.6. The fourth-order valence-corrected chi connectivity index (χ4v) is 5.30. The van der Waals surface area contributed by atoms with E-state index in [4.69, 9.17) is 16.7 Å². The highest BCUT2D eigenvalue weighted by Gasteiger charge is 2.31. The maximum Gasteiger partial charge on any atom is 0.243 e. The van der Waals surface area contributed by atoms with E-state index in [0.717, 1.165) is 18.2 Å². The van der Waals surface area contributed by atoms with E-state index >= 15 is 0 Å². The molecule has 8 heteroatoms. The lowest BCUT2D eigenvalue weighted by Crippen LogP contribution is -2.41. The van der Waals surface area contributed by atoms with Crippen molar-refractivity contribution in [3.05, 3.63) is 28.5 Å². The van der Waals surface area contributed by atoms with E-state index < -0.39 is 22.4 Å². The molecule has 1 N–H and O–H groups in total. The monoisotopic (exact) mass is 353 g/mol. The molecule has 1 atom stereocenters. The molecule has 1 aromatic rings. The summed E-state index contributed by atoms with van der Waals surface area (Å²) in [6, 6.07) is 2.16. The van der Waals surface area contributed by atoms with Gasteiger partial charge in [-0.15, -0.1) is 0 Å². The summed E-state index contributed by atoms with van der Waals surface area (Å²) in [5.41, 5.74) is 0.0775. The van der Waals surface area contributed by atoms with Crippen molar-refractivity contribution in [1.82, 2.24) is 4.31 Å². The van der Waals surface area contributed by atoms with Crippen LogP contribution in [0.1, 0.15) is 18.9 Å². The molecule has 2 rings (SSSR count). The van der Waals surface area contributed by atoms with E-state index in [-0.39, 0.29) is 20.7 Å². The number of thioether (sulfide) groups is 1. The molecule has 0 amide bonds. The summed E-state index contributed by atoms with van der Waals surface area (Å²) in [5.74, 6) is -0.110. The number of nitrogens with zero attached hydrogens (tertiary/aromatic N) is 1. The van der Waals surface area contributed by atoms with Gasteiger partial charge in [0.25, 0.3) is 0 Å². The third-order valence-corrected chi connectivity index (χ3v) is 7.08. The average Bonchev–Trinajstić information content (AvgIpc) is 2.49. The Kier molecular flexibility index (Phi) is 5.54. The van der Waals surface area contributed by atoms with Crippen LogP contribution in [-0.2, 0) is 16.6 Å². The van der Waals surface area contributed by atoms with Crippen LogP contribution in [0, 0.1) is 5.82 Å². The number of rotatable bonds is 4. The lowest BCUT2D eigenvalue weighted by atomic mass is 10.2. The van der Waals surface area contributed by atoms with Crippen molar-refractivity contribution in [1.29, 1.82) is 0 Å². The molecule has 0 bridgehead atoms. The van der Waals surface area contributed by atoms with Crippen molar-refractivity contribution < 1.29 is 17.9 Å². The van der Waals surface area contributed by atoms with Gasteiger partial charge in [-0.1, -0.05) is 18.5 Å². The molecule has 0 spiro atoms. The Morgan fingerprint density at radius 3 is 2.86 bits per heavy atom. The first-order valence-electron chi connectivity index (χ1n) is 6.60. The smallest absolute Gasteiger partial charge is 0.243 e. The van der Waals surface area contributed by atoms with Gasteiger partial charge >= 0.3 is 0 Å². The quantitative estimate of drug-likeness (QED) is 0.903. The van der Waals surface area contributed by atoms with Crippen molar-refractivity contribution in [2.24, 2.45) is 0 Å². The molecular formula is C13H17ClFNO3S2. The number of aliphatic hydroxyl groups excluding tert-OH is 1. The van der Waals surface area contributed by atoms with Gasteiger partial charge in [-0.3, -0.25) is 0 Å². The van der Waals surface area contributed by atoms with Gasteiger partial charge in [0, 0.05) is 29.7 Å². The second-order valence-electron chi connectivity index (χ2n) is 4.80. The Morgan fingerprint density at radius 1 is 1.52 bits per heavy atom.